The van der Waals surface area contributed by atoms with E-state index in [0.717, 1.165) is 0 Å². The van der Waals surface area contributed by atoms with Crippen LogP contribution in [-0.2, 0) is 5.41 Å². The van der Waals surface area contributed by atoms with Crippen LogP contribution in [0.1, 0.15) is 61.8 Å². The molecule has 3 heterocycles. The third-order valence-electron chi connectivity index (χ3n) is 13.1. The van der Waals surface area contributed by atoms with E-state index in [9.17, 15) is 0 Å². The number of rotatable bonds is 4. The highest BCUT2D eigenvalue weighted by atomic mass is 15.3. The summed E-state index contributed by atoms with van der Waals surface area (Å²) in [4.78, 5) is 7.91. The molecule has 0 spiro atoms. The van der Waals surface area contributed by atoms with E-state index in [1.807, 2.05) is 0 Å². The molecule has 3 nitrogen and oxygen atoms in total. The van der Waals surface area contributed by atoms with Gasteiger partial charge in [-0.25, -0.2) is 0 Å². The van der Waals surface area contributed by atoms with Crippen molar-refractivity contribution in [1.82, 2.24) is 0 Å². The summed E-state index contributed by atoms with van der Waals surface area (Å²) in [6.45, 7) is 12.1. The van der Waals surface area contributed by atoms with Crippen molar-refractivity contribution >= 4 is 68.6 Å². The topological polar surface area (TPSA) is 9.72 Å². The molecular weight excluding hydrogens is 617 g/mol. The van der Waals surface area contributed by atoms with Crippen LogP contribution in [0.5, 0.6) is 0 Å². The molecule has 1 aliphatic carbocycles. The van der Waals surface area contributed by atoms with E-state index in [4.69, 9.17) is 0 Å². The van der Waals surface area contributed by atoms with Gasteiger partial charge in [-0.3, -0.25) is 0 Å². The van der Waals surface area contributed by atoms with Crippen molar-refractivity contribution in [2.45, 2.75) is 71.3 Å². The minimum absolute atomic E-state index is 0.0435. The lowest BCUT2D eigenvalue weighted by atomic mass is 9.33. The molecule has 0 N–H and O–H groups in total. The minimum atomic E-state index is -0.0435. The average molecular weight is 662 g/mol. The zero-order valence-electron chi connectivity index (χ0n) is 30.4. The third-order valence-corrected chi connectivity index (χ3v) is 13.1. The van der Waals surface area contributed by atoms with Crippen molar-refractivity contribution in [3.8, 4) is 0 Å². The highest BCUT2D eigenvalue weighted by Gasteiger charge is 2.61. The number of hydrogen-bond donors (Lipinski definition) is 0. The maximum Gasteiger partial charge on any atom is 0.252 e. The summed E-state index contributed by atoms with van der Waals surface area (Å²) >= 11 is 0. The van der Waals surface area contributed by atoms with E-state index < -0.39 is 0 Å². The molecule has 10 rings (SSSR count). The molecule has 1 saturated carbocycles. The minimum Gasteiger partial charge on any atom is -0.335 e. The molecule has 3 aliphatic heterocycles. The SMILES string of the molecule is Cc1cc2c3c(c1)C1(C)CCCCC1(C)N3c1cc(N(c3ccccc3C)c3ccccc3C)cc3c1B2c1ccccc1N3c1ccccc1. The summed E-state index contributed by atoms with van der Waals surface area (Å²) in [5.74, 6) is 0. The van der Waals surface area contributed by atoms with Gasteiger partial charge >= 0.3 is 0 Å². The lowest BCUT2D eigenvalue weighted by Crippen LogP contribution is -2.64. The molecule has 4 heteroatoms. The van der Waals surface area contributed by atoms with Gasteiger partial charge in [0.2, 0.25) is 0 Å². The first kappa shape index (κ1) is 30.6. The second-order valence-electron chi connectivity index (χ2n) is 15.9. The van der Waals surface area contributed by atoms with Crippen molar-refractivity contribution in [1.29, 1.82) is 0 Å². The second kappa shape index (κ2) is 10.9. The van der Waals surface area contributed by atoms with Crippen molar-refractivity contribution < 1.29 is 0 Å². The summed E-state index contributed by atoms with van der Waals surface area (Å²) in [6, 6.07) is 48.0. The Morgan fingerprint density at radius 1 is 0.608 bits per heavy atom. The van der Waals surface area contributed by atoms with Crippen LogP contribution < -0.4 is 31.1 Å². The van der Waals surface area contributed by atoms with Crippen LogP contribution in [0.2, 0.25) is 0 Å². The fourth-order valence-corrected chi connectivity index (χ4v) is 10.4. The van der Waals surface area contributed by atoms with E-state index in [1.165, 1.54) is 104 Å². The summed E-state index contributed by atoms with van der Waals surface area (Å²) in [5, 5.41) is 0. The summed E-state index contributed by atoms with van der Waals surface area (Å²) in [6.07, 6.45) is 4.93. The Morgan fingerprint density at radius 3 is 1.96 bits per heavy atom. The van der Waals surface area contributed by atoms with Gasteiger partial charge in [-0.1, -0.05) is 110 Å². The quantitative estimate of drug-likeness (QED) is 0.174. The molecule has 6 aromatic carbocycles. The molecule has 0 radical (unpaired) electrons. The molecule has 51 heavy (non-hydrogen) atoms. The fourth-order valence-electron chi connectivity index (χ4n) is 10.4. The van der Waals surface area contributed by atoms with Crippen LogP contribution in [-0.4, -0.2) is 12.3 Å². The predicted molar refractivity (Wildman–Crippen MR) is 217 cm³/mol. The van der Waals surface area contributed by atoms with Crippen LogP contribution >= 0.6 is 0 Å². The number of benzene rings is 6. The van der Waals surface area contributed by atoms with Gasteiger partial charge < -0.3 is 14.7 Å². The van der Waals surface area contributed by atoms with E-state index in [0.29, 0.717) is 0 Å². The Bertz CT molecular complexity index is 2340. The lowest BCUT2D eigenvalue weighted by molar-refractivity contribution is 0.195. The van der Waals surface area contributed by atoms with Gasteiger partial charge in [0.15, 0.2) is 0 Å². The van der Waals surface area contributed by atoms with Gasteiger partial charge in [-0.05, 0) is 116 Å². The maximum atomic E-state index is 2.85. The third kappa shape index (κ3) is 4.08. The molecule has 2 unspecified atom stereocenters. The normalized spacial score (nSPS) is 20.8. The molecule has 0 amide bonds. The zero-order chi connectivity index (χ0) is 34.6. The molecule has 0 aromatic heterocycles. The van der Waals surface area contributed by atoms with Gasteiger partial charge in [0.25, 0.3) is 6.71 Å². The highest BCUT2D eigenvalue weighted by molar-refractivity contribution is 7.00. The van der Waals surface area contributed by atoms with Crippen LogP contribution in [0.3, 0.4) is 0 Å². The largest absolute Gasteiger partial charge is 0.335 e. The van der Waals surface area contributed by atoms with E-state index >= 15 is 0 Å². The Morgan fingerprint density at radius 2 is 1.24 bits per heavy atom. The van der Waals surface area contributed by atoms with Crippen molar-refractivity contribution in [2.24, 2.45) is 0 Å². The first-order chi connectivity index (χ1) is 24.8. The Kier molecular flexibility index (Phi) is 6.53. The van der Waals surface area contributed by atoms with Crippen molar-refractivity contribution in [3.63, 3.8) is 0 Å². The van der Waals surface area contributed by atoms with E-state index in [1.54, 1.807) is 5.56 Å². The second-order valence-corrected chi connectivity index (χ2v) is 15.9. The lowest BCUT2D eigenvalue weighted by Gasteiger charge is -2.53. The molecule has 4 aliphatic rings. The first-order valence-electron chi connectivity index (χ1n) is 18.8. The van der Waals surface area contributed by atoms with Gasteiger partial charge in [-0.2, -0.15) is 0 Å². The molecule has 250 valence electrons. The van der Waals surface area contributed by atoms with Gasteiger partial charge in [0.1, 0.15) is 0 Å². The van der Waals surface area contributed by atoms with Crippen LogP contribution in [0.25, 0.3) is 0 Å². The molecule has 1 fully saturated rings. The smallest absolute Gasteiger partial charge is 0.252 e. The molecule has 0 bridgehead atoms. The summed E-state index contributed by atoms with van der Waals surface area (Å²) in [5.41, 5.74) is 19.9. The molecule has 2 atom stereocenters. The zero-order valence-corrected chi connectivity index (χ0v) is 30.4. The number of fused-ring (bicyclic) bond motifs is 7. The summed E-state index contributed by atoms with van der Waals surface area (Å²) < 4.78 is 0. The van der Waals surface area contributed by atoms with Crippen LogP contribution in [0, 0.1) is 20.8 Å². The molecule has 0 saturated heterocycles. The predicted octanol–water partition coefficient (Wildman–Crippen LogP) is 10.4. The van der Waals surface area contributed by atoms with Crippen molar-refractivity contribution in [2.75, 3.05) is 14.7 Å². The Labute approximate surface area is 303 Å². The summed E-state index contributed by atoms with van der Waals surface area (Å²) in [7, 11) is 0. The highest BCUT2D eigenvalue weighted by Crippen LogP contribution is 2.62. The number of hydrogen-bond acceptors (Lipinski definition) is 3. The Hall–Kier alpha value is -5.22. The number of anilines is 8. The number of aryl methyl sites for hydroxylation is 3. The standard InChI is InChI=1S/C47H44BN3/c1-31-27-36-45-38(28-31)48-37-21-11-14-24-41(37)49(34-19-7-6-8-20-34)42-29-35(30-43(44(42)48)51(45)47(5)26-16-15-25-46(36,47)4)50(39-22-12-9-17-32(39)2)40-23-13-10-18-33(40)3/h6-14,17-24,27-30H,15-16,25-26H2,1-5H3. The molecular formula is C47H44BN3. The number of para-hydroxylation sites is 4. The van der Waals surface area contributed by atoms with Gasteiger partial charge in [-0.15, -0.1) is 0 Å². The maximum absolute atomic E-state index is 2.85. The Balaban J connectivity index is 1.36. The number of nitrogens with zero attached hydrogens (tertiary/aromatic N) is 3. The fraction of sp³-hybridized carbons (Fsp3) is 0.234. The monoisotopic (exact) mass is 661 g/mol. The van der Waals surface area contributed by atoms with Crippen LogP contribution in [0.4, 0.5) is 45.5 Å². The molecule has 6 aromatic rings. The van der Waals surface area contributed by atoms with E-state index in [2.05, 4.69) is 177 Å². The van der Waals surface area contributed by atoms with Gasteiger partial charge in [0, 0.05) is 45.2 Å². The first-order valence-corrected chi connectivity index (χ1v) is 18.8. The van der Waals surface area contributed by atoms with E-state index in [-0.39, 0.29) is 17.7 Å². The van der Waals surface area contributed by atoms with Gasteiger partial charge in [0.05, 0.1) is 11.2 Å². The van der Waals surface area contributed by atoms with Crippen molar-refractivity contribution in [3.05, 3.63) is 150 Å². The average Bonchev–Trinajstić information content (AvgIpc) is 3.35. The van der Waals surface area contributed by atoms with Crippen LogP contribution in [0.15, 0.2) is 127 Å².